The van der Waals surface area contributed by atoms with E-state index < -0.39 is 10.6 Å². The van der Waals surface area contributed by atoms with Crippen molar-refractivity contribution in [2.24, 2.45) is 0 Å². The summed E-state index contributed by atoms with van der Waals surface area (Å²) in [5.41, 5.74) is 6.18. The minimum absolute atomic E-state index is 0.0729. The molecule has 2 aromatic carbocycles. The molecule has 0 saturated carbocycles. The Morgan fingerprint density at radius 1 is 1.12 bits per heavy atom. The van der Waals surface area contributed by atoms with Gasteiger partial charge in [0.15, 0.2) is 5.72 Å². The van der Waals surface area contributed by atoms with Gasteiger partial charge in [-0.05, 0) is 29.8 Å². The number of benzene rings is 2. The second-order valence-corrected chi connectivity index (χ2v) is 6.96. The third-order valence-electron chi connectivity index (χ3n) is 5.38. The molecule has 2 heterocycles. The van der Waals surface area contributed by atoms with Crippen LogP contribution in [-0.4, -0.2) is 17.7 Å². The quantitative estimate of drug-likeness (QED) is 0.670. The predicted molar refractivity (Wildman–Crippen MR) is 95.9 cm³/mol. The minimum atomic E-state index is -0.659. The lowest BCUT2D eigenvalue weighted by Crippen LogP contribution is -2.54. The van der Waals surface area contributed by atoms with Crippen LogP contribution >= 0.6 is 0 Å². The van der Waals surface area contributed by atoms with E-state index in [1.165, 1.54) is 17.7 Å². The molecule has 0 radical (unpaired) electrons. The number of fused-ring (bicyclic) bond motifs is 1. The first-order valence-electron chi connectivity index (χ1n) is 8.12. The van der Waals surface area contributed by atoms with E-state index in [4.69, 9.17) is 4.84 Å². The number of likely N-dealkylation sites (N-methyl/N-ethyl adjacent to an activating group) is 1. The largest absolute Gasteiger partial charge is 0.340 e. The second-order valence-electron chi connectivity index (χ2n) is 6.96. The lowest BCUT2D eigenvalue weighted by Gasteiger charge is -2.39. The molecule has 0 bridgehead atoms. The molecule has 1 atom stereocenters. The van der Waals surface area contributed by atoms with Crippen LogP contribution in [0.3, 0.4) is 0 Å². The maximum absolute atomic E-state index is 10.8. The van der Waals surface area contributed by atoms with Crippen molar-refractivity contribution in [3.63, 3.8) is 0 Å². The fourth-order valence-electron chi connectivity index (χ4n) is 3.85. The first-order valence-corrected chi connectivity index (χ1v) is 8.12. The Labute approximate surface area is 145 Å². The van der Waals surface area contributed by atoms with Crippen LogP contribution in [0.15, 0.2) is 54.6 Å². The fraction of sp³-hybridized carbons (Fsp3) is 0.263. The van der Waals surface area contributed by atoms with E-state index in [0.29, 0.717) is 0 Å². The molecule has 128 valence electrons. The molecule has 0 unspecified atom stereocenters. The molecule has 0 saturated heterocycles. The fourth-order valence-corrected chi connectivity index (χ4v) is 3.85. The number of para-hydroxylation sites is 1. The van der Waals surface area contributed by atoms with Crippen LogP contribution in [0.2, 0.25) is 0 Å². The van der Waals surface area contributed by atoms with Crippen molar-refractivity contribution in [3.8, 4) is 0 Å². The molecule has 1 N–H and O–H groups in total. The number of nitro groups is 1. The van der Waals surface area contributed by atoms with E-state index in [-0.39, 0.29) is 11.1 Å². The molecule has 6 nitrogen and oxygen atoms in total. The Morgan fingerprint density at radius 2 is 1.80 bits per heavy atom. The summed E-state index contributed by atoms with van der Waals surface area (Å²) in [5.74, 6) is 0. The first-order chi connectivity index (χ1) is 11.9. The van der Waals surface area contributed by atoms with Crippen LogP contribution in [-0.2, 0) is 10.3 Å². The monoisotopic (exact) mass is 337 g/mol. The van der Waals surface area contributed by atoms with Gasteiger partial charge in [-0.3, -0.25) is 15.6 Å². The Hall–Kier alpha value is -2.86. The van der Waals surface area contributed by atoms with Gasteiger partial charge in [0.05, 0.1) is 10.6 Å². The third-order valence-corrected chi connectivity index (χ3v) is 5.38. The third kappa shape index (κ3) is 2.01. The highest BCUT2D eigenvalue weighted by atomic mass is 16.7. The lowest BCUT2D eigenvalue weighted by molar-refractivity contribution is -0.384. The van der Waals surface area contributed by atoms with Gasteiger partial charge < -0.3 is 4.90 Å². The molecule has 1 spiro atoms. The van der Waals surface area contributed by atoms with Crippen LogP contribution in [0.25, 0.3) is 5.70 Å². The van der Waals surface area contributed by atoms with Crippen LogP contribution in [0, 0.1) is 10.1 Å². The number of nitrogens with zero attached hydrogens (tertiary/aromatic N) is 2. The molecule has 2 aliphatic heterocycles. The van der Waals surface area contributed by atoms with Gasteiger partial charge in [-0.1, -0.05) is 32.0 Å². The average molecular weight is 337 g/mol. The highest BCUT2D eigenvalue weighted by Gasteiger charge is 2.58. The Balaban J connectivity index is 1.77. The molecular weight excluding hydrogens is 318 g/mol. The highest BCUT2D eigenvalue weighted by Crippen LogP contribution is 2.54. The molecule has 25 heavy (non-hydrogen) atoms. The average Bonchev–Trinajstić information content (AvgIpc) is 3.13. The van der Waals surface area contributed by atoms with E-state index in [9.17, 15) is 10.1 Å². The normalized spacial score (nSPS) is 23.3. The van der Waals surface area contributed by atoms with Crippen molar-refractivity contribution < 1.29 is 9.76 Å². The lowest BCUT2D eigenvalue weighted by atomic mass is 9.77. The number of anilines is 1. The number of nitrogens with one attached hydrogen (secondary N) is 1. The van der Waals surface area contributed by atoms with Crippen LogP contribution in [0.5, 0.6) is 0 Å². The van der Waals surface area contributed by atoms with Crippen LogP contribution in [0.1, 0.15) is 25.0 Å². The summed E-state index contributed by atoms with van der Waals surface area (Å²) in [6.45, 7) is 4.32. The van der Waals surface area contributed by atoms with E-state index in [1.807, 2.05) is 19.2 Å². The van der Waals surface area contributed by atoms with Crippen LogP contribution < -0.4 is 10.4 Å². The zero-order valence-electron chi connectivity index (χ0n) is 14.3. The van der Waals surface area contributed by atoms with E-state index in [2.05, 4.69) is 42.4 Å². The van der Waals surface area contributed by atoms with Gasteiger partial charge in [-0.2, -0.15) is 0 Å². The van der Waals surface area contributed by atoms with Gasteiger partial charge in [-0.15, -0.1) is 0 Å². The van der Waals surface area contributed by atoms with Crippen LogP contribution in [0.4, 0.5) is 11.4 Å². The molecule has 0 amide bonds. The standard InChI is InChI=1S/C19H19N3O3/c1-18(2)15-6-4-5-7-17(15)21(3)19(18)12-16(20-25-19)13-8-10-14(11-9-13)22(23)24/h4-12,20H,1-3H3/t19-/m1/s1. The Bertz CT molecular complexity index is 889. The molecule has 2 aromatic rings. The van der Waals surface area contributed by atoms with Crippen molar-refractivity contribution >= 4 is 17.1 Å². The number of hydrogen-bond donors (Lipinski definition) is 1. The number of non-ortho nitro benzene ring substituents is 1. The molecular formula is C19H19N3O3. The van der Waals surface area contributed by atoms with E-state index in [0.717, 1.165) is 16.9 Å². The van der Waals surface area contributed by atoms with Crippen molar-refractivity contribution in [2.45, 2.75) is 25.0 Å². The van der Waals surface area contributed by atoms with Gasteiger partial charge in [-0.25, -0.2) is 4.84 Å². The summed E-state index contributed by atoms with van der Waals surface area (Å²) >= 11 is 0. The van der Waals surface area contributed by atoms with Gasteiger partial charge in [0.2, 0.25) is 0 Å². The zero-order valence-corrected chi connectivity index (χ0v) is 14.3. The zero-order chi connectivity index (χ0) is 17.8. The maximum Gasteiger partial charge on any atom is 0.269 e. The topological polar surface area (TPSA) is 67.6 Å². The molecule has 2 aliphatic rings. The molecule has 4 rings (SSSR count). The Morgan fingerprint density at radius 3 is 2.44 bits per heavy atom. The van der Waals surface area contributed by atoms with Gasteiger partial charge >= 0.3 is 0 Å². The Kier molecular flexibility index (Phi) is 3.17. The molecule has 0 aliphatic carbocycles. The smallest absolute Gasteiger partial charge is 0.269 e. The summed E-state index contributed by atoms with van der Waals surface area (Å²) < 4.78 is 0. The number of hydroxylamine groups is 1. The van der Waals surface area contributed by atoms with Crippen molar-refractivity contribution in [3.05, 3.63) is 75.8 Å². The summed E-state index contributed by atoms with van der Waals surface area (Å²) in [6.07, 6.45) is 2.06. The second kappa shape index (κ2) is 5.07. The molecule has 6 heteroatoms. The summed E-state index contributed by atoms with van der Waals surface area (Å²) in [5, 5.41) is 10.8. The summed E-state index contributed by atoms with van der Waals surface area (Å²) in [4.78, 5) is 18.7. The van der Waals surface area contributed by atoms with Crippen molar-refractivity contribution in [1.82, 2.24) is 5.48 Å². The molecule has 0 aromatic heterocycles. The van der Waals surface area contributed by atoms with E-state index >= 15 is 0 Å². The van der Waals surface area contributed by atoms with Crippen molar-refractivity contribution in [1.29, 1.82) is 0 Å². The highest BCUT2D eigenvalue weighted by molar-refractivity contribution is 5.74. The van der Waals surface area contributed by atoms with Crippen molar-refractivity contribution in [2.75, 3.05) is 11.9 Å². The summed E-state index contributed by atoms with van der Waals surface area (Å²) in [7, 11) is 2.02. The van der Waals surface area contributed by atoms with E-state index in [1.54, 1.807) is 12.1 Å². The number of hydrogen-bond acceptors (Lipinski definition) is 5. The van der Waals surface area contributed by atoms with Gasteiger partial charge in [0, 0.05) is 35.8 Å². The molecule has 0 fully saturated rings. The number of rotatable bonds is 2. The van der Waals surface area contributed by atoms with Gasteiger partial charge in [0.1, 0.15) is 0 Å². The predicted octanol–water partition coefficient (Wildman–Crippen LogP) is 3.59. The SMILES string of the molecule is CN1c2ccccc2C(C)(C)[C@]12C=C(c1ccc([N+](=O)[O-])cc1)NO2. The van der Waals surface area contributed by atoms with Gasteiger partial charge in [0.25, 0.3) is 5.69 Å². The minimum Gasteiger partial charge on any atom is -0.340 e. The maximum atomic E-state index is 10.8. The first kappa shape index (κ1) is 15.7. The number of nitro benzene ring substituents is 1. The summed E-state index contributed by atoms with van der Waals surface area (Å²) in [6, 6.07) is 14.7.